The minimum atomic E-state index is 0.559. The maximum Gasteiger partial charge on any atom is 0.153 e. The van der Waals surface area contributed by atoms with Crippen molar-refractivity contribution in [3.8, 4) is 11.1 Å². The Kier molecular flexibility index (Phi) is 4.00. The molecule has 2 heterocycles. The number of hydrogen-bond acceptors (Lipinski definition) is 3. The Morgan fingerprint density at radius 3 is 2.35 bits per heavy atom. The molecule has 1 fully saturated rings. The van der Waals surface area contributed by atoms with Gasteiger partial charge < -0.3 is 5.73 Å². The SMILES string of the molecule is Nc1n[nH]c(C2CCCCCCC2)c1-c1ccncc1. The summed E-state index contributed by atoms with van der Waals surface area (Å²) in [7, 11) is 0. The zero-order valence-corrected chi connectivity index (χ0v) is 11.8. The summed E-state index contributed by atoms with van der Waals surface area (Å²) in [5.41, 5.74) is 9.50. The van der Waals surface area contributed by atoms with Crippen molar-refractivity contribution in [1.82, 2.24) is 15.2 Å². The van der Waals surface area contributed by atoms with Crippen LogP contribution in [0.3, 0.4) is 0 Å². The number of nitrogens with zero attached hydrogens (tertiary/aromatic N) is 2. The Labute approximate surface area is 119 Å². The van der Waals surface area contributed by atoms with Crippen LogP contribution in [0.1, 0.15) is 56.6 Å². The fourth-order valence-corrected chi connectivity index (χ4v) is 3.23. The van der Waals surface area contributed by atoms with Crippen molar-refractivity contribution in [1.29, 1.82) is 0 Å². The molecule has 0 spiro atoms. The topological polar surface area (TPSA) is 67.6 Å². The second kappa shape index (κ2) is 6.07. The van der Waals surface area contributed by atoms with Crippen LogP contribution < -0.4 is 5.73 Å². The monoisotopic (exact) mass is 270 g/mol. The Bertz CT molecular complexity index is 539. The van der Waals surface area contributed by atoms with Gasteiger partial charge in [0.15, 0.2) is 5.82 Å². The van der Waals surface area contributed by atoms with Gasteiger partial charge in [0.2, 0.25) is 0 Å². The number of pyridine rings is 1. The summed E-state index contributed by atoms with van der Waals surface area (Å²) >= 11 is 0. The minimum absolute atomic E-state index is 0.559. The number of H-pyrrole nitrogens is 1. The van der Waals surface area contributed by atoms with E-state index in [4.69, 9.17) is 5.73 Å². The van der Waals surface area contributed by atoms with Crippen LogP contribution in [0, 0.1) is 0 Å². The summed E-state index contributed by atoms with van der Waals surface area (Å²) in [6.07, 6.45) is 12.8. The third-order valence-corrected chi connectivity index (χ3v) is 4.30. The minimum Gasteiger partial charge on any atom is -0.382 e. The molecule has 0 saturated heterocycles. The molecule has 3 N–H and O–H groups in total. The van der Waals surface area contributed by atoms with E-state index in [2.05, 4.69) is 15.2 Å². The summed E-state index contributed by atoms with van der Waals surface area (Å²) in [6.45, 7) is 0. The maximum atomic E-state index is 6.09. The lowest BCUT2D eigenvalue weighted by Gasteiger charge is -2.19. The number of nitrogen functional groups attached to an aromatic ring is 1. The van der Waals surface area contributed by atoms with E-state index in [0.29, 0.717) is 11.7 Å². The highest BCUT2D eigenvalue weighted by Gasteiger charge is 2.21. The van der Waals surface area contributed by atoms with Gasteiger partial charge in [-0.1, -0.05) is 32.1 Å². The molecular formula is C16H22N4. The zero-order valence-electron chi connectivity index (χ0n) is 11.8. The first-order valence-corrected chi connectivity index (χ1v) is 7.60. The molecular weight excluding hydrogens is 248 g/mol. The Morgan fingerprint density at radius 2 is 1.65 bits per heavy atom. The number of nitrogens with two attached hydrogens (primary N) is 1. The zero-order chi connectivity index (χ0) is 13.8. The van der Waals surface area contributed by atoms with Gasteiger partial charge >= 0.3 is 0 Å². The summed E-state index contributed by atoms with van der Waals surface area (Å²) in [6, 6.07) is 4.02. The molecule has 0 amide bonds. The standard InChI is InChI=1S/C16H22N4/c17-16-14(12-8-10-18-11-9-12)15(19-20-16)13-6-4-2-1-3-5-7-13/h8-11,13H,1-7H2,(H3,17,19,20). The summed E-state index contributed by atoms with van der Waals surface area (Å²) in [5, 5.41) is 7.45. The molecule has 3 rings (SSSR count). The molecule has 4 nitrogen and oxygen atoms in total. The predicted molar refractivity (Wildman–Crippen MR) is 81.3 cm³/mol. The second-order valence-corrected chi connectivity index (χ2v) is 5.68. The number of anilines is 1. The van der Waals surface area contributed by atoms with Crippen molar-refractivity contribution in [2.24, 2.45) is 0 Å². The van der Waals surface area contributed by atoms with E-state index in [9.17, 15) is 0 Å². The van der Waals surface area contributed by atoms with E-state index in [1.165, 1.54) is 50.6 Å². The van der Waals surface area contributed by atoms with Gasteiger partial charge in [0.25, 0.3) is 0 Å². The van der Waals surface area contributed by atoms with Gasteiger partial charge in [-0.25, -0.2) is 0 Å². The molecule has 20 heavy (non-hydrogen) atoms. The van der Waals surface area contributed by atoms with Gasteiger partial charge in [-0.15, -0.1) is 0 Å². The van der Waals surface area contributed by atoms with Gasteiger partial charge in [-0.3, -0.25) is 10.1 Å². The van der Waals surface area contributed by atoms with E-state index in [1.807, 2.05) is 24.5 Å². The highest BCUT2D eigenvalue weighted by atomic mass is 15.2. The van der Waals surface area contributed by atoms with Crippen molar-refractivity contribution in [3.63, 3.8) is 0 Å². The molecule has 106 valence electrons. The van der Waals surface area contributed by atoms with Crippen molar-refractivity contribution < 1.29 is 0 Å². The molecule has 0 aliphatic heterocycles. The first-order valence-electron chi connectivity index (χ1n) is 7.60. The predicted octanol–water partition coefficient (Wildman–Crippen LogP) is 3.88. The van der Waals surface area contributed by atoms with Crippen molar-refractivity contribution in [2.75, 3.05) is 5.73 Å². The Morgan fingerprint density at radius 1 is 1.00 bits per heavy atom. The Hall–Kier alpha value is -1.84. The third-order valence-electron chi connectivity index (χ3n) is 4.30. The second-order valence-electron chi connectivity index (χ2n) is 5.68. The average Bonchev–Trinajstić information content (AvgIpc) is 2.81. The lowest BCUT2D eigenvalue weighted by atomic mass is 9.86. The quantitative estimate of drug-likeness (QED) is 0.870. The molecule has 0 unspecified atom stereocenters. The third kappa shape index (κ3) is 2.69. The van der Waals surface area contributed by atoms with E-state index < -0.39 is 0 Å². The molecule has 2 aromatic rings. The molecule has 0 atom stereocenters. The average molecular weight is 270 g/mol. The highest BCUT2D eigenvalue weighted by Crippen LogP contribution is 2.37. The number of aromatic nitrogens is 3. The first kappa shape index (κ1) is 13.2. The van der Waals surface area contributed by atoms with Crippen molar-refractivity contribution >= 4 is 5.82 Å². The molecule has 1 aliphatic rings. The largest absolute Gasteiger partial charge is 0.382 e. The van der Waals surface area contributed by atoms with Crippen LogP contribution in [0.4, 0.5) is 5.82 Å². The highest BCUT2D eigenvalue weighted by molar-refractivity contribution is 5.76. The molecule has 1 aliphatic carbocycles. The van der Waals surface area contributed by atoms with E-state index in [1.54, 1.807) is 0 Å². The number of nitrogens with one attached hydrogen (secondary N) is 1. The van der Waals surface area contributed by atoms with Gasteiger partial charge in [-0.2, -0.15) is 5.10 Å². The molecule has 0 radical (unpaired) electrons. The number of rotatable bonds is 2. The van der Waals surface area contributed by atoms with E-state index in [0.717, 1.165) is 11.1 Å². The lowest BCUT2D eigenvalue weighted by Crippen LogP contribution is -2.04. The number of aromatic amines is 1. The summed E-state index contributed by atoms with van der Waals surface area (Å²) < 4.78 is 0. The van der Waals surface area contributed by atoms with Crippen LogP contribution in [0.2, 0.25) is 0 Å². The molecule has 0 aromatic carbocycles. The van der Waals surface area contributed by atoms with Gasteiger partial charge in [0.1, 0.15) is 0 Å². The summed E-state index contributed by atoms with van der Waals surface area (Å²) in [5.74, 6) is 1.16. The van der Waals surface area contributed by atoms with Crippen LogP contribution in [0.15, 0.2) is 24.5 Å². The fraction of sp³-hybridized carbons (Fsp3) is 0.500. The van der Waals surface area contributed by atoms with Crippen LogP contribution in [-0.2, 0) is 0 Å². The molecule has 4 heteroatoms. The first-order chi connectivity index (χ1) is 9.86. The van der Waals surface area contributed by atoms with Crippen LogP contribution in [0.5, 0.6) is 0 Å². The fourth-order valence-electron chi connectivity index (χ4n) is 3.23. The van der Waals surface area contributed by atoms with Crippen molar-refractivity contribution in [3.05, 3.63) is 30.2 Å². The van der Waals surface area contributed by atoms with Crippen LogP contribution in [0.25, 0.3) is 11.1 Å². The molecule has 0 bridgehead atoms. The molecule has 1 saturated carbocycles. The van der Waals surface area contributed by atoms with E-state index in [-0.39, 0.29) is 0 Å². The van der Waals surface area contributed by atoms with Crippen LogP contribution >= 0.6 is 0 Å². The Balaban J connectivity index is 1.93. The van der Waals surface area contributed by atoms with E-state index >= 15 is 0 Å². The summed E-state index contributed by atoms with van der Waals surface area (Å²) in [4.78, 5) is 4.08. The lowest BCUT2D eigenvalue weighted by molar-refractivity contribution is 0.449. The maximum absolute atomic E-state index is 6.09. The van der Waals surface area contributed by atoms with Crippen LogP contribution in [-0.4, -0.2) is 15.2 Å². The smallest absolute Gasteiger partial charge is 0.153 e. The van der Waals surface area contributed by atoms with Crippen molar-refractivity contribution in [2.45, 2.75) is 50.9 Å². The van der Waals surface area contributed by atoms with Gasteiger partial charge in [0, 0.05) is 29.6 Å². The van der Waals surface area contributed by atoms with Gasteiger partial charge in [-0.05, 0) is 30.5 Å². The van der Waals surface area contributed by atoms with Gasteiger partial charge in [0.05, 0.1) is 0 Å². The normalized spacial score (nSPS) is 17.6. The molecule has 2 aromatic heterocycles. The number of hydrogen-bond donors (Lipinski definition) is 2.